The molecule has 2 aliphatic rings. The monoisotopic (exact) mass is 376 g/mol. The fourth-order valence-electron chi connectivity index (χ4n) is 3.93. The number of carbonyl (C=O) groups is 1. The molecular weight excluding hydrogens is 352 g/mol. The minimum Gasteiger partial charge on any atom is -0.347 e. The first-order valence-electron chi connectivity index (χ1n) is 9.24. The van der Waals surface area contributed by atoms with Crippen molar-refractivity contribution in [2.45, 2.75) is 45.4 Å². The Morgan fingerprint density at radius 1 is 1.27 bits per heavy atom. The molecule has 26 heavy (non-hydrogen) atoms. The predicted molar refractivity (Wildman–Crippen MR) is 101 cm³/mol. The molecule has 0 unspecified atom stereocenters. The molecule has 2 aliphatic heterocycles. The minimum atomic E-state index is -0.504. The van der Waals surface area contributed by atoms with Crippen molar-refractivity contribution in [1.82, 2.24) is 9.47 Å². The molecule has 7 heteroatoms. The Labute approximate surface area is 156 Å². The van der Waals surface area contributed by atoms with Crippen molar-refractivity contribution in [3.63, 3.8) is 0 Å². The van der Waals surface area contributed by atoms with Gasteiger partial charge in [-0.25, -0.2) is 0 Å². The summed E-state index contributed by atoms with van der Waals surface area (Å²) in [6.07, 6.45) is 4.07. The maximum Gasteiger partial charge on any atom is 0.260 e. The van der Waals surface area contributed by atoms with Crippen LogP contribution in [-0.2, 0) is 16.0 Å². The van der Waals surface area contributed by atoms with E-state index in [1.54, 1.807) is 4.57 Å². The van der Waals surface area contributed by atoms with Crippen LogP contribution in [0.2, 0.25) is 0 Å². The Kier molecular flexibility index (Phi) is 4.62. The molecular formula is C19H24N2O4S. The zero-order valence-corrected chi connectivity index (χ0v) is 16.1. The van der Waals surface area contributed by atoms with Crippen molar-refractivity contribution >= 4 is 27.3 Å². The van der Waals surface area contributed by atoms with Crippen molar-refractivity contribution in [3.8, 4) is 0 Å². The Morgan fingerprint density at radius 3 is 2.62 bits per heavy atom. The van der Waals surface area contributed by atoms with Crippen molar-refractivity contribution in [3.05, 3.63) is 33.1 Å². The van der Waals surface area contributed by atoms with Crippen molar-refractivity contribution in [1.29, 1.82) is 0 Å². The molecule has 4 heterocycles. The third kappa shape index (κ3) is 2.88. The number of ether oxygens (including phenoxy) is 2. The summed E-state index contributed by atoms with van der Waals surface area (Å²) in [6.45, 7) is 7.06. The van der Waals surface area contributed by atoms with Gasteiger partial charge in [0.1, 0.15) is 0 Å². The number of piperidine rings is 1. The summed E-state index contributed by atoms with van der Waals surface area (Å²) in [7, 11) is 0. The summed E-state index contributed by atoms with van der Waals surface area (Å²) < 4.78 is 14.1. The van der Waals surface area contributed by atoms with Gasteiger partial charge in [-0.2, -0.15) is 0 Å². The summed E-state index contributed by atoms with van der Waals surface area (Å²) in [5, 5.41) is 0.571. The quantitative estimate of drug-likeness (QED) is 0.826. The number of amides is 1. The van der Waals surface area contributed by atoms with E-state index < -0.39 is 5.79 Å². The summed E-state index contributed by atoms with van der Waals surface area (Å²) in [4.78, 5) is 28.9. The van der Waals surface area contributed by atoms with Gasteiger partial charge in [0.2, 0.25) is 0 Å². The highest BCUT2D eigenvalue weighted by atomic mass is 32.1. The average Bonchev–Trinajstić information content (AvgIpc) is 3.22. The molecule has 0 aromatic carbocycles. The number of hydrogen-bond donors (Lipinski definition) is 0. The van der Waals surface area contributed by atoms with Crippen molar-refractivity contribution in [2.24, 2.45) is 0 Å². The number of hydrogen-bond acceptors (Lipinski definition) is 5. The molecule has 140 valence electrons. The summed E-state index contributed by atoms with van der Waals surface area (Å²) in [5.41, 5.74) is 0.512. The smallest absolute Gasteiger partial charge is 0.260 e. The zero-order chi connectivity index (χ0) is 18.3. The lowest BCUT2D eigenvalue weighted by atomic mass is 10.0. The standard InChI is InChI=1S/C19H24N2O4S/c1-3-7-20-8-4-14-16(18(20)23)15(13(2)26-14)17(22)21-9-5-19(6-10-21)24-11-12-25-19/h4,8H,3,5-7,9-12H2,1-2H3. The van der Waals surface area contributed by atoms with Crippen LogP contribution in [0.3, 0.4) is 0 Å². The number of thiophene rings is 1. The van der Waals surface area contributed by atoms with Crippen LogP contribution in [0.15, 0.2) is 17.1 Å². The van der Waals surface area contributed by atoms with Crippen LogP contribution in [0.1, 0.15) is 41.4 Å². The lowest BCUT2D eigenvalue weighted by Gasteiger charge is -2.37. The minimum absolute atomic E-state index is 0.0482. The highest BCUT2D eigenvalue weighted by Crippen LogP contribution is 2.34. The van der Waals surface area contributed by atoms with Crippen molar-refractivity contribution < 1.29 is 14.3 Å². The molecule has 0 bridgehead atoms. The topological polar surface area (TPSA) is 60.8 Å². The summed E-state index contributed by atoms with van der Waals surface area (Å²) >= 11 is 1.52. The third-order valence-corrected chi connectivity index (χ3v) is 6.37. The first-order valence-corrected chi connectivity index (χ1v) is 10.1. The molecule has 0 N–H and O–H groups in total. The number of aromatic nitrogens is 1. The van der Waals surface area contributed by atoms with Gasteiger partial charge in [-0.05, 0) is 19.4 Å². The number of pyridine rings is 1. The van der Waals surface area contributed by atoms with E-state index in [0.717, 1.165) is 16.0 Å². The van der Waals surface area contributed by atoms with Crippen LogP contribution >= 0.6 is 11.3 Å². The Morgan fingerprint density at radius 2 is 1.96 bits per heavy atom. The van der Waals surface area contributed by atoms with Gasteiger partial charge in [0, 0.05) is 48.2 Å². The molecule has 1 spiro atoms. The van der Waals surface area contributed by atoms with E-state index in [-0.39, 0.29) is 11.5 Å². The lowest BCUT2D eigenvalue weighted by molar-refractivity contribution is -0.181. The number of nitrogens with zero attached hydrogens (tertiary/aromatic N) is 2. The van der Waals surface area contributed by atoms with Gasteiger partial charge in [-0.1, -0.05) is 6.92 Å². The number of likely N-dealkylation sites (tertiary alicyclic amines) is 1. The van der Waals surface area contributed by atoms with E-state index >= 15 is 0 Å². The lowest BCUT2D eigenvalue weighted by Crippen LogP contribution is -2.47. The Hall–Kier alpha value is -1.70. The molecule has 4 rings (SSSR count). The molecule has 0 radical (unpaired) electrons. The zero-order valence-electron chi connectivity index (χ0n) is 15.2. The van der Waals surface area contributed by atoms with Crippen LogP contribution in [0.4, 0.5) is 0 Å². The first kappa shape index (κ1) is 17.7. The SMILES string of the molecule is CCCn1ccc2sc(C)c(C(=O)N3CCC4(CC3)OCCO4)c2c1=O. The molecule has 6 nitrogen and oxygen atoms in total. The van der Waals surface area contributed by atoms with Gasteiger partial charge in [-0.3, -0.25) is 9.59 Å². The second-order valence-electron chi connectivity index (χ2n) is 6.99. The van der Waals surface area contributed by atoms with Gasteiger partial charge in [0.15, 0.2) is 5.79 Å². The van der Waals surface area contributed by atoms with Gasteiger partial charge >= 0.3 is 0 Å². The van der Waals surface area contributed by atoms with E-state index in [1.165, 1.54) is 11.3 Å². The largest absolute Gasteiger partial charge is 0.347 e. The van der Waals surface area contributed by atoms with E-state index in [9.17, 15) is 9.59 Å². The van der Waals surface area contributed by atoms with Gasteiger partial charge in [-0.15, -0.1) is 11.3 Å². The molecule has 2 aromatic heterocycles. The maximum absolute atomic E-state index is 13.2. The number of fused-ring (bicyclic) bond motifs is 1. The van der Waals surface area contributed by atoms with Crippen molar-refractivity contribution in [2.75, 3.05) is 26.3 Å². The van der Waals surface area contributed by atoms with Crippen LogP contribution in [0, 0.1) is 6.92 Å². The van der Waals surface area contributed by atoms with E-state index in [0.29, 0.717) is 56.6 Å². The van der Waals surface area contributed by atoms with E-state index in [1.807, 2.05) is 31.0 Å². The van der Waals surface area contributed by atoms with E-state index in [4.69, 9.17) is 9.47 Å². The number of rotatable bonds is 3. The second-order valence-corrected chi connectivity index (χ2v) is 8.24. The van der Waals surface area contributed by atoms with Crippen LogP contribution in [-0.4, -0.2) is 47.5 Å². The van der Waals surface area contributed by atoms with Gasteiger partial charge in [0.25, 0.3) is 11.5 Å². The Bertz CT molecular complexity index is 885. The van der Waals surface area contributed by atoms with Gasteiger partial charge < -0.3 is 18.9 Å². The predicted octanol–water partition coefficient (Wildman–Crippen LogP) is 2.76. The highest BCUT2D eigenvalue weighted by Gasteiger charge is 2.41. The van der Waals surface area contributed by atoms with Crippen LogP contribution < -0.4 is 5.56 Å². The summed E-state index contributed by atoms with van der Waals surface area (Å²) in [5.74, 6) is -0.552. The molecule has 2 aromatic rings. The molecule has 1 amide bonds. The normalized spacial score (nSPS) is 19.5. The molecule has 2 saturated heterocycles. The Balaban J connectivity index is 1.65. The number of carbonyl (C=O) groups excluding carboxylic acids is 1. The summed E-state index contributed by atoms with van der Waals surface area (Å²) in [6, 6.07) is 1.95. The van der Waals surface area contributed by atoms with E-state index in [2.05, 4.69) is 0 Å². The average molecular weight is 376 g/mol. The van der Waals surface area contributed by atoms with Gasteiger partial charge in [0.05, 0.1) is 24.2 Å². The highest BCUT2D eigenvalue weighted by molar-refractivity contribution is 7.19. The second kappa shape index (κ2) is 6.79. The fraction of sp³-hybridized carbons (Fsp3) is 0.579. The van der Waals surface area contributed by atoms with Crippen LogP contribution in [0.25, 0.3) is 10.1 Å². The third-order valence-electron chi connectivity index (χ3n) is 5.30. The fourth-order valence-corrected chi connectivity index (χ4v) is 4.98. The maximum atomic E-state index is 13.2. The molecule has 0 atom stereocenters. The van der Waals surface area contributed by atoms with Crippen LogP contribution in [0.5, 0.6) is 0 Å². The first-order chi connectivity index (χ1) is 12.5. The molecule has 0 saturated carbocycles. The number of aryl methyl sites for hydroxylation is 2. The molecule has 2 fully saturated rings. The molecule has 0 aliphatic carbocycles.